The van der Waals surface area contributed by atoms with Gasteiger partial charge in [0, 0.05) is 6.08 Å². The molecule has 1 unspecified atom stereocenters. The number of aliphatic carboxylic acids is 1. The van der Waals surface area contributed by atoms with Crippen molar-refractivity contribution in [2.24, 2.45) is 5.92 Å². The average Bonchev–Trinajstić information content (AvgIpc) is 2.24. The molecule has 0 aliphatic rings. The molecule has 0 aliphatic carbocycles. The Morgan fingerprint density at radius 2 is 1.83 bits per heavy atom. The molecule has 0 saturated heterocycles. The number of amides is 1. The molecule has 3 N–H and O–H groups in total. The van der Waals surface area contributed by atoms with Crippen LogP contribution in [-0.4, -0.2) is 34.2 Å². The van der Waals surface area contributed by atoms with Gasteiger partial charge in [0.15, 0.2) is 6.04 Å². The first kappa shape index (κ1) is 16.4. The molecule has 2 atom stereocenters. The Hall–Kier alpha value is -1.62. The Balaban J connectivity index is 4.21. The van der Waals surface area contributed by atoms with Gasteiger partial charge < -0.3 is 15.5 Å². The molecule has 0 aromatic carbocycles. The van der Waals surface area contributed by atoms with Gasteiger partial charge in [0.1, 0.15) is 0 Å². The van der Waals surface area contributed by atoms with E-state index in [2.05, 4.69) is 19.2 Å². The summed E-state index contributed by atoms with van der Waals surface area (Å²) in [6, 6.07) is -1.29. The van der Waals surface area contributed by atoms with E-state index in [0.29, 0.717) is 5.92 Å². The van der Waals surface area contributed by atoms with Crippen molar-refractivity contribution in [2.45, 2.75) is 39.3 Å². The molecule has 0 bridgehead atoms. The number of carboxylic acid groups (broad SMARTS) is 1. The zero-order valence-electron chi connectivity index (χ0n) is 11.0. The van der Waals surface area contributed by atoms with E-state index in [4.69, 9.17) is 10.2 Å². The molecule has 0 fully saturated rings. The van der Waals surface area contributed by atoms with Crippen LogP contribution in [0, 0.1) is 5.92 Å². The van der Waals surface area contributed by atoms with E-state index in [9.17, 15) is 9.59 Å². The fourth-order valence-electron chi connectivity index (χ4n) is 1.16. The van der Waals surface area contributed by atoms with Crippen molar-refractivity contribution < 1.29 is 19.8 Å². The third-order valence-electron chi connectivity index (χ3n) is 2.15. The highest BCUT2D eigenvalue weighted by molar-refractivity contribution is 5.91. The van der Waals surface area contributed by atoms with E-state index in [1.54, 1.807) is 12.2 Å². The molecule has 0 aromatic rings. The fourth-order valence-corrected chi connectivity index (χ4v) is 1.16. The highest BCUT2D eigenvalue weighted by atomic mass is 16.4. The van der Waals surface area contributed by atoms with Crippen molar-refractivity contribution in [3.8, 4) is 0 Å². The minimum Gasteiger partial charge on any atom is -0.480 e. The highest BCUT2D eigenvalue weighted by Crippen LogP contribution is 1.99. The Morgan fingerprint density at radius 3 is 2.28 bits per heavy atom. The van der Waals surface area contributed by atoms with E-state index >= 15 is 0 Å². The molecular weight excluding hydrogens is 234 g/mol. The van der Waals surface area contributed by atoms with E-state index in [1.165, 1.54) is 13.0 Å². The Bertz CT molecular complexity index is 332. The van der Waals surface area contributed by atoms with Gasteiger partial charge in [0.2, 0.25) is 5.91 Å². The number of carbonyl (C=O) groups excluding carboxylic acids is 1. The van der Waals surface area contributed by atoms with Crippen molar-refractivity contribution in [3.63, 3.8) is 0 Å². The monoisotopic (exact) mass is 255 g/mol. The topological polar surface area (TPSA) is 86.6 Å². The molecule has 18 heavy (non-hydrogen) atoms. The first-order chi connectivity index (χ1) is 8.34. The van der Waals surface area contributed by atoms with Crippen LogP contribution in [0.1, 0.15) is 27.2 Å². The van der Waals surface area contributed by atoms with Crippen LogP contribution in [-0.2, 0) is 9.59 Å². The normalized spacial score (nSPS) is 15.2. The number of carbonyl (C=O) groups is 2. The molecule has 0 heterocycles. The molecular formula is C13H21NO4. The maximum absolute atomic E-state index is 11.4. The number of nitrogens with one attached hydrogen (secondary N) is 1. The minimum atomic E-state index is -1.29. The second kappa shape index (κ2) is 8.47. The van der Waals surface area contributed by atoms with E-state index in [0.717, 1.165) is 6.42 Å². The van der Waals surface area contributed by atoms with Crippen LogP contribution in [0.2, 0.25) is 0 Å². The number of allylic oxidation sites excluding steroid dienone is 3. The summed E-state index contributed by atoms with van der Waals surface area (Å²) in [6.07, 6.45) is 6.21. The summed E-state index contributed by atoms with van der Waals surface area (Å²) in [5.41, 5.74) is 0. The van der Waals surface area contributed by atoms with Gasteiger partial charge in [-0.3, -0.25) is 4.79 Å². The van der Waals surface area contributed by atoms with E-state index in [1.807, 2.05) is 6.08 Å². The first-order valence-corrected chi connectivity index (χ1v) is 5.89. The predicted octanol–water partition coefficient (Wildman–Crippen LogP) is 1.10. The molecule has 0 saturated carbocycles. The Kier molecular flexibility index (Phi) is 7.71. The maximum Gasteiger partial charge on any atom is 0.328 e. The zero-order chi connectivity index (χ0) is 14.1. The first-order valence-electron chi connectivity index (χ1n) is 5.89. The molecule has 0 spiro atoms. The number of aliphatic hydroxyl groups is 1. The van der Waals surface area contributed by atoms with Crippen LogP contribution in [0.4, 0.5) is 0 Å². The molecule has 0 aliphatic heterocycles. The number of carboxylic acids is 1. The highest BCUT2D eigenvalue weighted by Gasteiger charge is 2.23. The van der Waals surface area contributed by atoms with Crippen molar-refractivity contribution in [1.82, 2.24) is 5.32 Å². The van der Waals surface area contributed by atoms with Gasteiger partial charge in [-0.1, -0.05) is 32.1 Å². The SMILES string of the molecule is CC(C)C/C=C/C=C/C(=O)NC(C(=O)O)[C@@H](C)O. The number of hydrogen-bond donors (Lipinski definition) is 3. The summed E-state index contributed by atoms with van der Waals surface area (Å²) < 4.78 is 0. The molecule has 0 aromatic heterocycles. The lowest BCUT2D eigenvalue weighted by molar-refractivity contribution is -0.144. The summed E-state index contributed by atoms with van der Waals surface area (Å²) >= 11 is 0. The number of hydrogen-bond acceptors (Lipinski definition) is 3. The van der Waals surface area contributed by atoms with Crippen LogP contribution in [0.5, 0.6) is 0 Å². The van der Waals surface area contributed by atoms with Crippen molar-refractivity contribution in [2.75, 3.05) is 0 Å². The van der Waals surface area contributed by atoms with Crippen LogP contribution in [0.25, 0.3) is 0 Å². The van der Waals surface area contributed by atoms with E-state index < -0.39 is 24.0 Å². The summed E-state index contributed by atoms with van der Waals surface area (Å²) in [4.78, 5) is 22.1. The Morgan fingerprint density at radius 1 is 1.22 bits per heavy atom. The van der Waals surface area contributed by atoms with Gasteiger partial charge in [0.05, 0.1) is 6.10 Å². The quantitative estimate of drug-likeness (QED) is 0.469. The van der Waals surface area contributed by atoms with Crippen molar-refractivity contribution >= 4 is 11.9 Å². The largest absolute Gasteiger partial charge is 0.480 e. The number of aliphatic hydroxyl groups excluding tert-OH is 1. The lowest BCUT2D eigenvalue weighted by Gasteiger charge is -2.15. The smallest absolute Gasteiger partial charge is 0.328 e. The number of rotatable bonds is 7. The standard InChI is InChI=1S/C13H21NO4/c1-9(2)7-5-4-6-8-11(16)14-12(10(3)15)13(17)18/h4-6,8-10,12,15H,7H2,1-3H3,(H,14,16)(H,17,18)/b5-4+,8-6+/t10-,12?/m1/s1. The van der Waals surface area contributed by atoms with E-state index in [-0.39, 0.29) is 0 Å². The van der Waals surface area contributed by atoms with Crippen LogP contribution in [0.15, 0.2) is 24.3 Å². The third-order valence-corrected chi connectivity index (χ3v) is 2.15. The average molecular weight is 255 g/mol. The van der Waals surface area contributed by atoms with Crippen molar-refractivity contribution in [3.05, 3.63) is 24.3 Å². The van der Waals surface area contributed by atoms with Crippen LogP contribution in [0.3, 0.4) is 0 Å². The molecule has 5 heteroatoms. The summed E-state index contributed by atoms with van der Waals surface area (Å²) in [5, 5.41) is 20.1. The molecule has 0 rings (SSSR count). The lowest BCUT2D eigenvalue weighted by Crippen LogP contribution is -2.47. The van der Waals surface area contributed by atoms with Gasteiger partial charge in [-0.05, 0) is 19.3 Å². The predicted molar refractivity (Wildman–Crippen MR) is 69.0 cm³/mol. The zero-order valence-corrected chi connectivity index (χ0v) is 11.0. The molecule has 5 nitrogen and oxygen atoms in total. The lowest BCUT2D eigenvalue weighted by atomic mass is 10.1. The second-order valence-electron chi connectivity index (χ2n) is 4.48. The molecule has 102 valence electrons. The van der Waals surface area contributed by atoms with Gasteiger partial charge in [0.25, 0.3) is 0 Å². The van der Waals surface area contributed by atoms with Crippen LogP contribution < -0.4 is 5.32 Å². The van der Waals surface area contributed by atoms with Crippen LogP contribution >= 0.6 is 0 Å². The second-order valence-corrected chi connectivity index (χ2v) is 4.48. The minimum absolute atomic E-state index is 0.544. The van der Waals surface area contributed by atoms with Gasteiger partial charge in [-0.15, -0.1) is 0 Å². The van der Waals surface area contributed by atoms with Crippen molar-refractivity contribution in [1.29, 1.82) is 0 Å². The summed E-state index contributed by atoms with van der Waals surface area (Å²) in [5.74, 6) is -1.25. The van der Waals surface area contributed by atoms with Gasteiger partial charge >= 0.3 is 5.97 Å². The summed E-state index contributed by atoms with van der Waals surface area (Å²) in [7, 11) is 0. The molecule has 0 radical (unpaired) electrons. The van der Waals surface area contributed by atoms with Gasteiger partial charge in [-0.2, -0.15) is 0 Å². The summed E-state index contributed by atoms with van der Waals surface area (Å²) in [6.45, 7) is 5.48. The fraction of sp³-hybridized carbons (Fsp3) is 0.538. The Labute approximate surface area is 107 Å². The molecule has 1 amide bonds. The maximum atomic E-state index is 11.4. The van der Waals surface area contributed by atoms with Gasteiger partial charge in [-0.25, -0.2) is 4.79 Å². The third kappa shape index (κ3) is 7.62.